The third kappa shape index (κ3) is 5.46. The molecule has 0 rings (SSSR count). The molecule has 1 nitrogen and oxygen atoms in total. The van der Waals surface area contributed by atoms with E-state index in [9.17, 15) is 5.11 Å². The van der Waals surface area contributed by atoms with Gasteiger partial charge in [-0.2, -0.15) is 0 Å². The molecule has 0 aromatic heterocycles. The van der Waals surface area contributed by atoms with E-state index in [0.29, 0.717) is 6.42 Å². The van der Waals surface area contributed by atoms with Crippen LogP contribution < -0.4 is 17.5 Å². The van der Waals surface area contributed by atoms with E-state index >= 15 is 0 Å². The molecule has 0 spiro atoms. The van der Waals surface area contributed by atoms with Gasteiger partial charge in [0, 0.05) is 5.41 Å². The Hall–Kier alpha value is 0.576. The van der Waals surface area contributed by atoms with Crippen molar-refractivity contribution in [1.82, 2.24) is 0 Å². The molecule has 0 amide bonds. The molecule has 0 saturated heterocycles. The first-order valence-electron chi connectivity index (χ1n) is 4.43. The molecule has 0 bridgehead atoms. The van der Waals surface area contributed by atoms with E-state index in [1.54, 1.807) is 0 Å². The van der Waals surface area contributed by atoms with Gasteiger partial charge in [-0.05, 0) is 18.8 Å². The second-order valence-corrected chi connectivity index (χ2v) is 4.53. The Morgan fingerprint density at radius 3 is 1.86 bits per heavy atom. The van der Waals surface area contributed by atoms with Gasteiger partial charge in [0.25, 0.3) is 0 Å². The van der Waals surface area contributed by atoms with Gasteiger partial charge in [0.2, 0.25) is 0 Å². The SMILES string of the molecule is C#CC(C)(CCC[O-])C(C)(C)C.[Cl-].[Mg+2]. The Balaban J connectivity index is -0.000000605. The van der Waals surface area contributed by atoms with E-state index in [0.717, 1.165) is 6.42 Å². The summed E-state index contributed by atoms with van der Waals surface area (Å²) in [4.78, 5) is 0. The van der Waals surface area contributed by atoms with Gasteiger partial charge >= 0.3 is 23.1 Å². The number of terminal acetylenes is 1. The van der Waals surface area contributed by atoms with Crippen LogP contribution in [0.15, 0.2) is 0 Å². The Labute approximate surface area is 111 Å². The standard InChI is InChI=1S/C11H19O.ClH.Mg/c1-6-11(5,8-7-9-12)10(2,3)4;;/h1H,7-9H2,2-5H3;1H;/q-1;;+2/p-1. The summed E-state index contributed by atoms with van der Waals surface area (Å²) in [6.45, 7) is 8.41. The van der Waals surface area contributed by atoms with Crippen molar-refractivity contribution in [3.8, 4) is 12.3 Å². The van der Waals surface area contributed by atoms with Crippen molar-refractivity contribution in [3.63, 3.8) is 0 Å². The summed E-state index contributed by atoms with van der Waals surface area (Å²) in [6.07, 6.45) is 6.99. The van der Waals surface area contributed by atoms with Gasteiger partial charge in [-0.3, -0.25) is 0 Å². The quantitative estimate of drug-likeness (QED) is 0.422. The Morgan fingerprint density at radius 2 is 1.64 bits per heavy atom. The van der Waals surface area contributed by atoms with Crippen LogP contribution in [-0.4, -0.2) is 29.7 Å². The van der Waals surface area contributed by atoms with Gasteiger partial charge < -0.3 is 17.5 Å². The largest absolute Gasteiger partial charge is 2.00 e. The third-order valence-electron chi connectivity index (χ3n) is 2.80. The van der Waals surface area contributed by atoms with Gasteiger partial charge in [-0.15, -0.1) is 13.0 Å². The molecule has 0 aromatic rings. The van der Waals surface area contributed by atoms with Crippen molar-refractivity contribution >= 4 is 23.1 Å². The molecule has 0 heterocycles. The summed E-state index contributed by atoms with van der Waals surface area (Å²) in [5.41, 5.74) is -0.0612. The predicted octanol–water partition coefficient (Wildman–Crippen LogP) is -1.56. The molecule has 0 radical (unpaired) electrons. The summed E-state index contributed by atoms with van der Waals surface area (Å²) in [5.74, 6) is 2.81. The summed E-state index contributed by atoms with van der Waals surface area (Å²) in [7, 11) is 0. The van der Waals surface area contributed by atoms with Crippen LogP contribution in [0.3, 0.4) is 0 Å². The maximum Gasteiger partial charge on any atom is 2.00 e. The van der Waals surface area contributed by atoms with Crippen molar-refractivity contribution < 1.29 is 17.5 Å². The normalized spacial score (nSPS) is 14.3. The van der Waals surface area contributed by atoms with Gasteiger partial charge in [0.15, 0.2) is 0 Å². The molecule has 1 unspecified atom stereocenters. The number of hydrogen-bond donors (Lipinski definition) is 0. The van der Waals surface area contributed by atoms with Gasteiger partial charge in [-0.1, -0.05) is 33.1 Å². The molecule has 0 aliphatic heterocycles. The number of hydrogen-bond acceptors (Lipinski definition) is 1. The van der Waals surface area contributed by atoms with Crippen LogP contribution >= 0.6 is 0 Å². The van der Waals surface area contributed by atoms with Crippen LogP contribution in [-0.2, 0) is 0 Å². The number of rotatable bonds is 3. The van der Waals surface area contributed by atoms with Crippen LogP contribution in [0.2, 0.25) is 0 Å². The Morgan fingerprint density at radius 1 is 1.21 bits per heavy atom. The maximum atomic E-state index is 10.4. The van der Waals surface area contributed by atoms with Crippen LogP contribution in [0.5, 0.6) is 0 Å². The summed E-state index contributed by atoms with van der Waals surface area (Å²) < 4.78 is 0. The Bertz CT molecular complexity index is 181. The molecule has 0 fully saturated rings. The average Bonchev–Trinajstić information content (AvgIpc) is 1.98. The van der Waals surface area contributed by atoms with Gasteiger partial charge in [-0.25, -0.2) is 0 Å². The molecule has 0 saturated carbocycles. The molecule has 78 valence electrons. The van der Waals surface area contributed by atoms with E-state index in [1.807, 2.05) is 0 Å². The molecule has 0 aromatic carbocycles. The van der Waals surface area contributed by atoms with E-state index in [2.05, 4.69) is 33.6 Å². The molecule has 0 aliphatic rings. The summed E-state index contributed by atoms with van der Waals surface area (Å²) in [6, 6.07) is 0. The minimum absolute atomic E-state index is 0. The smallest absolute Gasteiger partial charge is 1.00 e. The fraction of sp³-hybridized carbons (Fsp3) is 0.818. The fourth-order valence-corrected chi connectivity index (χ4v) is 1.09. The molecular weight excluding hydrogens is 208 g/mol. The van der Waals surface area contributed by atoms with Crippen LogP contribution in [0.1, 0.15) is 40.5 Å². The third-order valence-corrected chi connectivity index (χ3v) is 2.80. The first-order valence-corrected chi connectivity index (χ1v) is 4.43. The van der Waals surface area contributed by atoms with E-state index in [1.165, 1.54) is 0 Å². The zero-order valence-electron chi connectivity index (χ0n) is 9.69. The molecular formula is C11H19ClMgO. The molecule has 3 heteroatoms. The topological polar surface area (TPSA) is 23.1 Å². The molecule has 0 aliphatic carbocycles. The van der Waals surface area contributed by atoms with Crippen LogP contribution in [0.25, 0.3) is 0 Å². The van der Waals surface area contributed by atoms with Crippen molar-refractivity contribution in [2.24, 2.45) is 10.8 Å². The zero-order chi connectivity index (χ0) is 9.83. The van der Waals surface area contributed by atoms with Crippen LogP contribution in [0, 0.1) is 23.2 Å². The van der Waals surface area contributed by atoms with Gasteiger partial charge in [0.05, 0.1) is 0 Å². The van der Waals surface area contributed by atoms with E-state index in [4.69, 9.17) is 6.42 Å². The zero-order valence-corrected chi connectivity index (χ0v) is 11.9. The van der Waals surface area contributed by atoms with E-state index in [-0.39, 0.29) is 52.9 Å². The van der Waals surface area contributed by atoms with Crippen molar-refractivity contribution in [2.45, 2.75) is 40.5 Å². The van der Waals surface area contributed by atoms with Crippen molar-refractivity contribution in [2.75, 3.05) is 6.61 Å². The average molecular weight is 227 g/mol. The molecule has 0 N–H and O–H groups in total. The summed E-state index contributed by atoms with van der Waals surface area (Å²) >= 11 is 0. The second kappa shape index (κ2) is 7.81. The monoisotopic (exact) mass is 226 g/mol. The first-order chi connectivity index (χ1) is 5.37. The van der Waals surface area contributed by atoms with E-state index < -0.39 is 0 Å². The minimum Gasteiger partial charge on any atom is -1.00 e. The van der Waals surface area contributed by atoms with Crippen molar-refractivity contribution in [3.05, 3.63) is 0 Å². The Kier molecular flexibility index (Phi) is 11.2. The maximum absolute atomic E-state index is 10.4. The molecule has 1 atom stereocenters. The van der Waals surface area contributed by atoms with Crippen molar-refractivity contribution in [1.29, 1.82) is 0 Å². The number of halogens is 1. The predicted molar refractivity (Wildman–Crippen MR) is 56.3 cm³/mol. The first kappa shape index (κ1) is 20.0. The summed E-state index contributed by atoms with van der Waals surface area (Å²) in [5, 5.41) is 10.4. The van der Waals surface area contributed by atoms with Crippen LogP contribution in [0.4, 0.5) is 0 Å². The second-order valence-electron chi connectivity index (χ2n) is 4.53. The fourth-order valence-electron chi connectivity index (χ4n) is 1.09. The minimum atomic E-state index is -0.141. The van der Waals surface area contributed by atoms with Gasteiger partial charge in [0.1, 0.15) is 0 Å². The molecule has 14 heavy (non-hydrogen) atoms.